The molecule has 0 spiro atoms. The third-order valence-electron chi connectivity index (χ3n) is 3.63. The first kappa shape index (κ1) is 13.1. The average molecular weight is 310 g/mol. The number of aromatic nitrogens is 3. The van der Waals surface area contributed by atoms with Crippen molar-refractivity contribution in [1.82, 2.24) is 14.9 Å². The summed E-state index contributed by atoms with van der Waals surface area (Å²) >= 11 is 6.21. The van der Waals surface area contributed by atoms with Crippen LogP contribution in [0.25, 0.3) is 27.9 Å². The van der Waals surface area contributed by atoms with E-state index in [1.54, 1.807) is 6.20 Å². The van der Waals surface area contributed by atoms with Gasteiger partial charge in [0.1, 0.15) is 5.69 Å². The first-order chi connectivity index (χ1) is 10.7. The van der Waals surface area contributed by atoms with Crippen molar-refractivity contribution in [2.24, 2.45) is 0 Å². The van der Waals surface area contributed by atoms with Gasteiger partial charge in [-0.05, 0) is 36.8 Å². The van der Waals surface area contributed by atoms with Crippen LogP contribution in [0.4, 0.5) is 0 Å². The molecule has 108 valence electrons. The smallest absolute Gasteiger partial charge is 0.167 e. The van der Waals surface area contributed by atoms with Crippen molar-refractivity contribution >= 4 is 22.6 Å². The maximum Gasteiger partial charge on any atom is 0.167 e. The van der Waals surface area contributed by atoms with E-state index >= 15 is 0 Å². The second-order valence-electron chi connectivity index (χ2n) is 5.14. The molecule has 0 amide bonds. The molecule has 0 radical (unpaired) electrons. The van der Waals surface area contributed by atoms with E-state index in [9.17, 15) is 0 Å². The number of hydrogen-bond acceptors (Lipinski definition) is 3. The lowest BCUT2D eigenvalue weighted by Crippen LogP contribution is -1.92. The van der Waals surface area contributed by atoms with Gasteiger partial charge in [0.2, 0.25) is 0 Å². The Balaban J connectivity index is 1.83. The highest BCUT2D eigenvalue weighted by atomic mass is 35.5. The zero-order chi connectivity index (χ0) is 15.1. The Morgan fingerprint density at radius 3 is 2.77 bits per heavy atom. The molecular formula is C17H12ClN3O. The third kappa shape index (κ3) is 2.09. The van der Waals surface area contributed by atoms with Crippen LogP contribution >= 0.6 is 11.6 Å². The Morgan fingerprint density at radius 1 is 1.14 bits per heavy atom. The van der Waals surface area contributed by atoms with Gasteiger partial charge >= 0.3 is 0 Å². The highest BCUT2D eigenvalue weighted by Gasteiger charge is 2.14. The van der Waals surface area contributed by atoms with Crippen LogP contribution < -0.4 is 0 Å². The molecule has 0 aliphatic rings. The van der Waals surface area contributed by atoms with Gasteiger partial charge in [0.05, 0.1) is 17.3 Å². The maximum absolute atomic E-state index is 6.21. The van der Waals surface area contributed by atoms with E-state index < -0.39 is 0 Å². The molecule has 0 fully saturated rings. The quantitative estimate of drug-likeness (QED) is 0.541. The Labute approximate surface area is 131 Å². The molecule has 2 heterocycles. The lowest BCUT2D eigenvalue weighted by Gasteiger charge is -1.99. The van der Waals surface area contributed by atoms with Crippen LogP contribution in [0, 0.1) is 6.92 Å². The zero-order valence-electron chi connectivity index (χ0n) is 11.8. The van der Waals surface area contributed by atoms with Crippen molar-refractivity contribution < 1.29 is 4.52 Å². The molecule has 0 aliphatic carbocycles. The molecule has 0 aliphatic heterocycles. The second-order valence-corrected chi connectivity index (χ2v) is 5.55. The Bertz CT molecular complexity index is 957. The van der Waals surface area contributed by atoms with Crippen LogP contribution in [0.3, 0.4) is 0 Å². The summed E-state index contributed by atoms with van der Waals surface area (Å²) in [7, 11) is 0. The van der Waals surface area contributed by atoms with Crippen molar-refractivity contribution in [2.75, 3.05) is 0 Å². The molecule has 5 heteroatoms. The van der Waals surface area contributed by atoms with Crippen molar-refractivity contribution in [1.29, 1.82) is 0 Å². The molecule has 0 saturated carbocycles. The molecule has 0 saturated heterocycles. The van der Waals surface area contributed by atoms with E-state index in [1.165, 1.54) is 0 Å². The van der Waals surface area contributed by atoms with E-state index in [1.807, 2.05) is 60.3 Å². The van der Waals surface area contributed by atoms with Gasteiger partial charge in [-0.1, -0.05) is 35.0 Å². The summed E-state index contributed by atoms with van der Waals surface area (Å²) in [6, 6.07) is 13.7. The van der Waals surface area contributed by atoms with Gasteiger partial charge in [0, 0.05) is 16.8 Å². The van der Waals surface area contributed by atoms with Crippen molar-refractivity contribution in [3.8, 4) is 16.9 Å². The molecule has 0 N–H and O–H groups in total. The fraction of sp³-hybridized carbons (Fsp3) is 0.0588. The SMILES string of the molecule is Cc1cc2onc(-c3cnn(-c4ccccc4)c3)c2cc1Cl. The normalized spacial score (nSPS) is 11.2. The summed E-state index contributed by atoms with van der Waals surface area (Å²) in [5.41, 5.74) is 4.33. The highest BCUT2D eigenvalue weighted by Crippen LogP contribution is 2.31. The number of fused-ring (bicyclic) bond motifs is 1. The molecule has 22 heavy (non-hydrogen) atoms. The van der Waals surface area contributed by atoms with Crippen LogP contribution in [-0.2, 0) is 0 Å². The molecule has 4 aromatic rings. The number of halogens is 1. The van der Waals surface area contributed by atoms with Gasteiger partial charge in [0.25, 0.3) is 0 Å². The van der Waals surface area contributed by atoms with Gasteiger partial charge in [-0.3, -0.25) is 0 Å². The predicted molar refractivity (Wildman–Crippen MR) is 86.3 cm³/mol. The fourth-order valence-corrected chi connectivity index (χ4v) is 2.60. The summed E-state index contributed by atoms with van der Waals surface area (Å²) in [4.78, 5) is 0. The number of para-hydroxylation sites is 1. The maximum atomic E-state index is 6.21. The Morgan fingerprint density at radius 2 is 1.95 bits per heavy atom. The molecule has 0 atom stereocenters. The molecule has 2 aromatic carbocycles. The van der Waals surface area contributed by atoms with E-state index in [-0.39, 0.29) is 0 Å². The standard InChI is InChI=1S/C17H12ClN3O/c1-11-7-16-14(8-15(11)18)17(20-22-16)12-9-19-21(10-12)13-5-3-2-4-6-13/h2-10H,1H3. The monoisotopic (exact) mass is 309 g/mol. The van der Waals surface area contributed by atoms with Crippen LogP contribution in [0.2, 0.25) is 5.02 Å². The molecular weight excluding hydrogens is 298 g/mol. The topological polar surface area (TPSA) is 43.9 Å². The van der Waals surface area contributed by atoms with E-state index in [0.29, 0.717) is 5.02 Å². The summed E-state index contributed by atoms with van der Waals surface area (Å²) < 4.78 is 7.22. The number of aryl methyl sites for hydroxylation is 1. The number of benzene rings is 2. The molecule has 4 nitrogen and oxygen atoms in total. The molecule has 4 rings (SSSR count). The summed E-state index contributed by atoms with van der Waals surface area (Å²) in [6.07, 6.45) is 3.71. The van der Waals surface area contributed by atoms with Crippen molar-refractivity contribution in [3.05, 3.63) is 65.4 Å². The second kappa shape index (κ2) is 5.00. The lowest BCUT2D eigenvalue weighted by molar-refractivity contribution is 0.459. The largest absolute Gasteiger partial charge is 0.356 e. The first-order valence-corrected chi connectivity index (χ1v) is 7.26. The lowest BCUT2D eigenvalue weighted by atomic mass is 10.1. The highest BCUT2D eigenvalue weighted by molar-refractivity contribution is 6.32. The number of nitrogens with zero attached hydrogens (tertiary/aromatic N) is 3. The van der Waals surface area contributed by atoms with E-state index in [2.05, 4.69) is 10.3 Å². The molecule has 2 aromatic heterocycles. The van der Waals surface area contributed by atoms with Crippen LogP contribution in [0.1, 0.15) is 5.56 Å². The summed E-state index contributed by atoms with van der Waals surface area (Å²) in [5, 5.41) is 10.2. The van der Waals surface area contributed by atoms with Gasteiger partial charge in [-0.25, -0.2) is 4.68 Å². The minimum Gasteiger partial charge on any atom is -0.356 e. The van der Waals surface area contributed by atoms with Crippen molar-refractivity contribution in [2.45, 2.75) is 6.92 Å². The minimum absolute atomic E-state index is 0.701. The summed E-state index contributed by atoms with van der Waals surface area (Å²) in [6.45, 7) is 1.94. The van der Waals surface area contributed by atoms with Gasteiger partial charge in [-0.15, -0.1) is 0 Å². The van der Waals surface area contributed by atoms with Crippen LogP contribution in [-0.4, -0.2) is 14.9 Å². The number of hydrogen-bond donors (Lipinski definition) is 0. The van der Waals surface area contributed by atoms with Crippen molar-refractivity contribution in [3.63, 3.8) is 0 Å². The van der Waals surface area contributed by atoms with Crippen LogP contribution in [0.15, 0.2) is 59.4 Å². The number of rotatable bonds is 2. The third-order valence-corrected chi connectivity index (χ3v) is 4.04. The van der Waals surface area contributed by atoms with Gasteiger partial charge in [0.15, 0.2) is 5.58 Å². The molecule has 0 bridgehead atoms. The van der Waals surface area contributed by atoms with E-state index in [0.717, 1.165) is 33.5 Å². The van der Waals surface area contributed by atoms with E-state index in [4.69, 9.17) is 16.1 Å². The zero-order valence-corrected chi connectivity index (χ0v) is 12.6. The minimum atomic E-state index is 0.701. The average Bonchev–Trinajstić information content (AvgIpc) is 3.15. The summed E-state index contributed by atoms with van der Waals surface area (Å²) in [5.74, 6) is 0. The van der Waals surface area contributed by atoms with Crippen LogP contribution in [0.5, 0.6) is 0 Å². The molecule has 0 unspecified atom stereocenters. The fourth-order valence-electron chi connectivity index (χ4n) is 2.43. The Kier molecular flexibility index (Phi) is 2.98. The van der Waals surface area contributed by atoms with Gasteiger partial charge in [-0.2, -0.15) is 5.10 Å². The Hall–Kier alpha value is -2.59. The predicted octanol–water partition coefficient (Wildman–Crippen LogP) is 4.64. The van der Waals surface area contributed by atoms with Gasteiger partial charge < -0.3 is 4.52 Å². The first-order valence-electron chi connectivity index (χ1n) is 6.88.